The number of aliphatic hydroxyl groups excluding tert-OH is 1. The molecule has 0 aromatic heterocycles. The van der Waals surface area contributed by atoms with E-state index in [1.807, 2.05) is 47.4 Å². The summed E-state index contributed by atoms with van der Waals surface area (Å²) in [5, 5.41) is 14.2. The lowest BCUT2D eigenvalue weighted by molar-refractivity contribution is -0.166. The SMILES string of the molecule is CCCCN1C(=O)[C@@H]([C@H](O)C2CCCCC2)NC(=O)C12CCN(Cc1cccc(Oc3ccccc3)c1)CC2.Cl. The maximum absolute atomic E-state index is 13.8. The van der Waals surface area contributed by atoms with Gasteiger partial charge in [0.05, 0.1) is 6.10 Å². The van der Waals surface area contributed by atoms with E-state index in [2.05, 4.69) is 29.3 Å². The predicted octanol–water partition coefficient (Wildman–Crippen LogP) is 5.30. The normalized spacial score (nSPS) is 22.4. The summed E-state index contributed by atoms with van der Waals surface area (Å²) in [5.41, 5.74) is 0.325. The molecule has 0 unspecified atom stereocenters. The van der Waals surface area contributed by atoms with E-state index in [0.717, 1.165) is 75.2 Å². The number of nitrogens with zero attached hydrogens (tertiary/aromatic N) is 2. The van der Waals surface area contributed by atoms with Crippen molar-refractivity contribution >= 4 is 24.2 Å². The van der Waals surface area contributed by atoms with Gasteiger partial charge in [-0.15, -0.1) is 12.4 Å². The van der Waals surface area contributed by atoms with Crippen LogP contribution in [0.25, 0.3) is 0 Å². The van der Waals surface area contributed by atoms with Crippen molar-refractivity contribution in [1.82, 2.24) is 15.1 Å². The van der Waals surface area contributed by atoms with Crippen LogP contribution in [0.15, 0.2) is 54.6 Å². The molecule has 1 saturated carbocycles. The number of amides is 2. The minimum atomic E-state index is -0.830. The van der Waals surface area contributed by atoms with Gasteiger partial charge < -0.3 is 20.1 Å². The summed E-state index contributed by atoms with van der Waals surface area (Å²) in [6.45, 7) is 4.88. The summed E-state index contributed by atoms with van der Waals surface area (Å²) < 4.78 is 6.01. The van der Waals surface area contributed by atoms with E-state index in [1.54, 1.807) is 0 Å². The Bertz CT molecular complexity index is 1120. The number of rotatable bonds is 9. The molecule has 2 heterocycles. The Morgan fingerprint density at radius 2 is 1.70 bits per heavy atom. The number of para-hydroxylation sites is 1. The number of unbranched alkanes of at least 4 members (excludes halogenated alkanes) is 1. The van der Waals surface area contributed by atoms with Gasteiger partial charge in [-0.05, 0) is 67.9 Å². The maximum atomic E-state index is 13.8. The maximum Gasteiger partial charge on any atom is 0.248 e. The van der Waals surface area contributed by atoms with Crippen LogP contribution in [0.2, 0.25) is 0 Å². The van der Waals surface area contributed by atoms with Gasteiger partial charge in [0.15, 0.2) is 0 Å². The summed E-state index contributed by atoms with van der Waals surface area (Å²) in [6, 6.07) is 17.1. The number of aliphatic hydroxyl groups is 1. The molecule has 3 fully saturated rings. The minimum absolute atomic E-state index is 0. The van der Waals surface area contributed by atoms with Gasteiger partial charge in [-0.2, -0.15) is 0 Å². The zero-order valence-corrected chi connectivity index (χ0v) is 24.4. The van der Waals surface area contributed by atoms with E-state index < -0.39 is 17.7 Å². The molecule has 7 nitrogen and oxygen atoms in total. The van der Waals surface area contributed by atoms with Crippen molar-refractivity contribution in [2.75, 3.05) is 19.6 Å². The highest BCUT2D eigenvalue weighted by Crippen LogP contribution is 2.36. The molecule has 8 heteroatoms. The van der Waals surface area contributed by atoms with E-state index in [0.29, 0.717) is 19.4 Å². The minimum Gasteiger partial charge on any atom is -0.457 e. The van der Waals surface area contributed by atoms with Gasteiger partial charge in [0.25, 0.3) is 0 Å². The van der Waals surface area contributed by atoms with Gasteiger partial charge in [-0.3, -0.25) is 14.5 Å². The van der Waals surface area contributed by atoms with Crippen molar-refractivity contribution < 1.29 is 19.4 Å². The largest absolute Gasteiger partial charge is 0.457 e. The Hall–Kier alpha value is -2.61. The Balaban J connectivity index is 0.00000370. The standard InChI is InChI=1S/C32H43N3O4.ClH/c1-2-3-19-35-30(37)28(29(36)25-12-6-4-7-13-25)33-31(38)32(35)17-20-34(21-18-32)23-24-11-10-16-27(22-24)39-26-14-8-5-9-15-26;/h5,8-11,14-16,22,25,28-29,36H,2-4,6-7,12-13,17-21,23H2,1H3,(H,33,38);1H/t28-,29-;/m1./s1. The number of piperazine rings is 1. The Morgan fingerprint density at radius 3 is 2.40 bits per heavy atom. The molecule has 3 aliphatic rings. The first-order valence-corrected chi connectivity index (χ1v) is 14.8. The van der Waals surface area contributed by atoms with Crippen LogP contribution < -0.4 is 10.1 Å². The lowest BCUT2D eigenvalue weighted by atomic mass is 9.78. The number of benzene rings is 2. The molecule has 0 radical (unpaired) electrons. The Labute approximate surface area is 244 Å². The number of hydrogen-bond donors (Lipinski definition) is 2. The summed E-state index contributed by atoms with van der Waals surface area (Å²) in [5.74, 6) is 1.51. The van der Waals surface area contributed by atoms with Gasteiger partial charge >= 0.3 is 0 Å². The summed E-state index contributed by atoms with van der Waals surface area (Å²) in [7, 11) is 0. The van der Waals surface area contributed by atoms with Crippen molar-refractivity contribution in [1.29, 1.82) is 0 Å². The number of piperidine rings is 1. The number of hydrogen-bond acceptors (Lipinski definition) is 5. The molecule has 5 rings (SSSR count). The van der Waals surface area contributed by atoms with E-state index >= 15 is 0 Å². The van der Waals surface area contributed by atoms with Crippen LogP contribution in [0.5, 0.6) is 11.5 Å². The fourth-order valence-electron chi connectivity index (χ4n) is 6.63. The first-order chi connectivity index (χ1) is 19.0. The van der Waals surface area contributed by atoms with E-state index in [-0.39, 0.29) is 30.1 Å². The molecule has 0 bridgehead atoms. The van der Waals surface area contributed by atoms with Crippen LogP contribution in [0.3, 0.4) is 0 Å². The van der Waals surface area contributed by atoms with Crippen molar-refractivity contribution in [3.8, 4) is 11.5 Å². The average Bonchev–Trinajstić information content (AvgIpc) is 2.97. The van der Waals surface area contributed by atoms with Gasteiger partial charge in [-0.25, -0.2) is 0 Å². The van der Waals surface area contributed by atoms with E-state index in [4.69, 9.17) is 4.74 Å². The number of carbonyl (C=O) groups excluding carboxylic acids is 2. The summed E-state index contributed by atoms with van der Waals surface area (Å²) in [4.78, 5) is 31.7. The molecule has 1 spiro atoms. The predicted molar refractivity (Wildman–Crippen MR) is 159 cm³/mol. The number of nitrogens with one attached hydrogen (secondary N) is 1. The first-order valence-electron chi connectivity index (χ1n) is 14.8. The van der Waals surface area contributed by atoms with Crippen LogP contribution >= 0.6 is 12.4 Å². The molecule has 1 aliphatic carbocycles. The molecule has 2 amide bonds. The summed E-state index contributed by atoms with van der Waals surface area (Å²) >= 11 is 0. The van der Waals surface area contributed by atoms with Crippen LogP contribution in [0.1, 0.15) is 70.3 Å². The van der Waals surface area contributed by atoms with Gasteiger partial charge in [0.1, 0.15) is 23.1 Å². The highest BCUT2D eigenvalue weighted by Gasteiger charge is 2.55. The van der Waals surface area contributed by atoms with Crippen molar-refractivity contribution in [2.45, 2.75) is 88.9 Å². The van der Waals surface area contributed by atoms with Crippen LogP contribution in [0, 0.1) is 5.92 Å². The number of likely N-dealkylation sites (tertiary alicyclic amines) is 1. The van der Waals surface area contributed by atoms with Crippen LogP contribution in [-0.2, 0) is 16.1 Å². The van der Waals surface area contributed by atoms with Gasteiger partial charge in [-0.1, -0.05) is 62.9 Å². The number of ether oxygens (including phenoxy) is 1. The second-order valence-corrected chi connectivity index (χ2v) is 11.6. The van der Waals surface area contributed by atoms with Crippen LogP contribution in [0.4, 0.5) is 0 Å². The van der Waals surface area contributed by atoms with Gasteiger partial charge in [0.2, 0.25) is 11.8 Å². The monoisotopic (exact) mass is 569 g/mol. The van der Waals surface area contributed by atoms with E-state index in [9.17, 15) is 14.7 Å². The Kier molecular flexibility index (Phi) is 10.5. The molecule has 40 heavy (non-hydrogen) atoms. The zero-order valence-electron chi connectivity index (χ0n) is 23.6. The van der Waals surface area contributed by atoms with Crippen molar-refractivity contribution in [3.05, 3.63) is 60.2 Å². The third-order valence-electron chi connectivity index (χ3n) is 8.93. The highest BCUT2D eigenvalue weighted by molar-refractivity contribution is 6.00. The second kappa shape index (κ2) is 13.8. The van der Waals surface area contributed by atoms with Crippen molar-refractivity contribution in [2.24, 2.45) is 5.92 Å². The van der Waals surface area contributed by atoms with Crippen LogP contribution in [-0.4, -0.2) is 64.0 Å². The quantitative estimate of drug-likeness (QED) is 0.428. The fraction of sp³-hybridized carbons (Fsp3) is 0.562. The van der Waals surface area contributed by atoms with Gasteiger partial charge in [0, 0.05) is 26.2 Å². The lowest BCUT2D eigenvalue weighted by Gasteiger charge is -2.52. The molecule has 2 aliphatic heterocycles. The molecular formula is C32H44ClN3O4. The molecular weight excluding hydrogens is 526 g/mol. The average molecular weight is 570 g/mol. The third kappa shape index (κ3) is 6.64. The molecule has 2 saturated heterocycles. The molecule has 2 N–H and O–H groups in total. The zero-order chi connectivity index (χ0) is 27.2. The molecule has 2 aromatic rings. The lowest BCUT2D eigenvalue weighted by Crippen LogP contribution is -2.75. The topological polar surface area (TPSA) is 82.1 Å². The molecule has 2 aromatic carbocycles. The highest BCUT2D eigenvalue weighted by atomic mass is 35.5. The summed E-state index contributed by atoms with van der Waals surface area (Å²) in [6.07, 6.45) is 7.38. The smallest absolute Gasteiger partial charge is 0.248 e. The second-order valence-electron chi connectivity index (χ2n) is 11.6. The number of halogens is 1. The first kappa shape index (κ1) is 30.4. The Morgan fingerprint density at radius 1 is 1.00 bits per heavy atom. The fourth-order valence-corrected chi connectivity index (χ4v) is 6.63. The molecule has 218 valence electrons. The third-order valence-corrected chi connectivity index (χ3v) is 8.93. The van der Waals surface area contributed by atoms with Crippen molar-refractivity contribution in [3.63, 3.8) is 0 Å². The van der Waals surface area contributed by atoms with E-state index in [1.165, 1.54) is 6.42 Å². The number of carbonyl (C=O) groups is 2. The molecule has 2 atom stereocenters.